The minimum atomic E-state index is 0.537. The first-order chi connectivity index (χ1) is 10.3. The fourth-order valence-electron chi connectivity index (χ4n) is 1.95. The maximum absolute atomic E-state index is 5.74. The molecule has 0 saturated carbocycles. The van der Waals surface area contributed by atoms with Crippen molar-refractivity contribution in [3.05, 3.63) is 54.6 Å². The van der Waals surface area contributed by atoms with Gasteiger partial charge in [0.1, 0.15) is 17.2 Å². The maximum Gasteiger partial charge on any atom is 0.127 e. The third kappa shape index (κ3) is 5.48. The second-order valence-corrected chi connectivity index (χ2v) is 5.07. The Hall–Kier alpha value is -2.00. The topological polar surface area (TPSA) is 30.5 Å². The summed E-state index contributed by atoms with van der Waals surface area (Å²) >= 11 is 0. The van der Waals surface area contributed by atoms with E-state index in [0.29, 0.717) is 6.04 Å². The Labute approximate surface area is 126 Å². The molecular formula is C18H23NO2. The van der Waals surface area contributed by atoms with E-state index in [1.807, 2.05) is 61.6 Å². The van der Waals surface area contributed by atoms with Gasteiger partial charge in [-0.25, -0.2) is 0 Å². The molecule has 2 aromatic carbocycles. The molecule has 2 rings (SSSR count). The number of rotatable bonds is 8. The summed E-state index contributed by atoms with van der Waals surface area (Å²) in [6.07, 6.45) is 2.16. The number of hydrogen-bond acceptors (Lipinski definition) is 3. The van der Waals surface area contributed by atoms with Gasteiger partial charge >= 0.3 is 0 Å². The number of hydrogen-bond donors (Lipinski definition) is 1. The summed E-state index contributed by atoms with van der Waals surface area (Å²) in [5.41, 5.74) is 0. The van der Waals surface area contributed by atoms with Gasteiger partial charge in [0, 0.05) is 6.04 Å². The van der Waals surface area contributed by atoms with E-state index in [4.69, 9.17) is 9.47 Å². The van der Waals surface area contributed by atoms with E-state index >= 15 is 0 Å². The molecule has 0 fully saturated rings. The molecular weight excluding hydrogens is 262 g/mol. The van der Waals surface area contributed by atoms with Crippen LogP contribution < -0.4 is 14.8 Å². The predicted molar refractivity (Wildman–Crippen MR) is 86.2 cm³/mol. The predicted octanol–water partition coefficient (Wildman–Crippen LogP) is 4.25. The van der Waals surface area contributed by atoms with Crippen LogP contribution in [0.15, 0.2) is 54.6 Å². The summed E-state index contributed by atoms with van der Waals surface area (Å²) in [6, 6.07) is 18.0. The van der Waals surface area contributed by atoms with Crippen molar-refractivity contribution in [3.63, 3.8) is 0 Å². The van der Waals surface area contributed by atoms with Crippen molar-refractivity contribution in [1.82, 2.24) is 5.32 Å². The van der Waals surface area contributed by atoms with Crippen molar-refractivity contribution < 1.29 is 9.47 Å². The molecule has 0 bridgehead atoms. The normalized spacial score (nSPS) is 11.9. The second kappa shape index (κ2) is 8.32. The lowest BCUT2D eigenvalue weighted by molar-refractivity contribution is 0.299. The van der Waals surface area contributed by atoms with E-state index in [0.717, 1.165) is 36.7 Å². The molecule has 0 aliphatic rings. The Morgan fingerprint density at radius 3 is 2.19 bits per heavy atom. The number of ether oxygens (including phenoxy) is 2. The van der Waals surface area contributed by atoms with Gasteiger partial charge in [-0.05, 0) is 63.2 Å². The summed E-state index contributed by atoms with van der Waals surface area (Å²) in [6.45, 7) is 2.92. The van der Waals surface area contributed by atoms with Crippen molar-refractivity contribution in [2.24, 2.45) is 0 Å². The van der Waals surface area contributed by atoms with Crippen molar-refractivity contribution >= 4 is 0 Å². The Morgan fingerprint density at radius 1 is 0.905 bits per heavy atom. The lowest BCUT2D eigenvalue weighted by atomic mass is 10.2. The van der Waals surface area contributed by atoms with E-state index < -0.39 is 0 Å². The molecule has 1 unspecified atom stereocenters. The van der Waals surface area contributed by atoms with E-state index in [2.05, 4.69) is 12.2 Å². The highest BCUT2D eigenvalue weighted by Gasteiger charge is 2.00. The van der Waals surface area contributed by atoms with Crippen LogP contribution in [0.4, 0.5) is 0 Å². The van der Waals surface area contributed by atoms with Gasteiger partial charge < -0.3 is 14.8 Å². The number of benzene rings is 2. The zero-order valence-electron chi connectivity index (χ0n) is 12.7. The quantitative estimate of drug-likeness (QED) is 0.736. The second-order valence-electron chi connectivity index (χ2n) is 5.07. The average molecular weight is 285 g/mol. The molecule has 0 heterocycles. The van der Waals surface area contributed by atoms with E-state index in [1.54, 1.807) is 0 Å². The molecule has 0 aromatic heterocycles. The smallest absolute Gasteiger partial charge is 0.127 e. The van der Waals surface area contributed by atoms with Gasteiger partial charge in [0.05, 0.1) is 6.61 Å². The van der Waals surface area contributed by atoms with E-state index in [9.17, 15) is 0 Å². The summed E-state index contributed by atoms with van der Waals surface area (Å²) < 4.78 is 11.5. The first-order valence-electron chi connectivity index (χ1n) is 7.41. The highest BCUT2D eigenvalue weighted by Crippen LogP contribution is 2.23. The van der Waals surface area contributed by atoms with E-state index in [1.165, 1.54) is 0 Å². The van der Waals surface area contributed by atoms with Crippen LogP contribution in [0.25, 0.3) is 0 Å². The molecule has 3 heteroatoms. The molecule has 0 amide bonds. The summed E-state index contributed by atoms with van der Waals surface area (Å²) in [5, 5.41) is 3.22. The lowest BCUT2D eigenvalue weighted by Gasteiger charge is -2.11. The molecule has 0 aliphatic carbocycles. The van der Waals surface area contributed by atoms with E-state index in [-0.39, 0.29) is 0 Å². The van der Waals surface area contributed by atoms with Crippen LogP contribution in [0.1, 0.15) is 19.8 Å². The third-order valence-electron chi connectivity index (χ3n) is 3.35. The largest absolute Gasteiger partial charge is 0.494 e. The van der Waals surface area contributed by atoms with Crippen LogP contribution in [0.3, 0.4) is 0 Å². The molecule has 1 N–H and O–H groups in total. The molecule has 112 valence electrons. The molecule has 21 heavy (non-hydrogen) atoms. The van der Waals surface area contributed by atoms with Gasteiger partial charge in [0.2, 0.25) is 0 Å². The standard InChI is InChI=1S/C18H23NO2/c1-15(19-2)7-6-14-20-16-10-12-18(13-11-16)21-17-8-4-3-5-9-17/h3-5,8-13,15,19H,6-7,14H2,1-2H3. The van der Waals surface area contributed by atoms with Crippen molar-refractivity contribution in [2.75, 3.05) is 13.7 Å². The molecule has 0 aliphatic heterocycles. The van der Waals surface area contributed by atoms with Crippen LogP contribution in [0.5, 0.6) is 17.2 Å². The Bertz CT molecular complexity index is 511. The van der Waals surface area contributed by atoms with Gasteiger partial charge in [-0.2, -0.15) is 0 Å². The minimum absolute atomic E-state index is 0.537. The zero-order valence-corrected chi connectivity index (χ0v) is 12.7. The Balaban J connectivity index is 1.77. The zero-order chi connectivity index (χ0) is 14.9. The molecule has 0 saturated heterocycles. The number of nitrogens with one attached hydrogen (secondary N) is 1. The maximum atomic E-state index is 5.74. The summed E-state index contributed by atoms with van der Waals surface area (Å²) in [7, 11) is 1.98. The van der Waals surface area contributed by atoms with Crippen LogP contribution in [-0.4, -0.2) is 19.7 Å². The Kier molecular flexibility index (Phi) is 6.10. The number of para-hydroxylation sites is 1. The summed E-state index contributed by atoms with van der Waals surface area (Å²) in [4.78, 5) is 0. The first-order valence-corrected chi connectivity index (χ1v) is 7.41. The van der Waals surface area contributed by atoms with Crippen molar-refractivity contribution in [3.8, 4) is 17.2 Å². The van der Waals surface area contributed by atoms with Gasteiger partial charge in [-0.3, -0.25) is 0 Å². The molecule has 0 radical (unpaired) electrons. The first kappa shape index (κ1) is 15.4. The highest BCUT2D eigenvalue weighted by atomic mass is 16.5. The molecule has 3 nitrogen and oxygen atoms in total. The minimum Gasteiger partial charge on any atom is -0.494 e. The SMILES string of the molecule is CNC(C)CCCOc1ccc(Oc2ccccc2)cc1. The summed E-state index contributed by atoms with van der Waals surface area (Å²) in [5.74, 6) is 2.54. The third-order valence-corrected chi connectivity index (χ3v) is 3.35. The molecule has 2 aromatic rings. The van der Waals surface area contributed by atoms with Crippen LogP contribution in [0.2, 0.25) is 0 Å². The van der Waals surface area contributed by atoms with Crippen LogP contribution in [-0.2, 0) is 0 Å². The van der Waals surface area contributed by atoms with Crippen molar-refractivity contribution in [1.29, 1.82) is 0 Å². The van der Waals surface area contributed by atoms with Gasteiger partial charge in [0.25, 0.3) is 0 Å². The molecule has 1 atom stereocenters. The Morgan fingerprint density at radius 2 is 1.52 bits per heavy atom. The molecule has 0 spiro atoms. The fourth-order valence-corrected chi connectivity index (χ4v) is 1.95. The van der Waals surface area contributed by atoms with Crippen LogP contribution >= 0.6 is 0 Å². The monoisotopic (exact) mass is 285 g/mol. The average Bonchev–Trinajstić information content (AvgIpc) is 2.54. The van der Waals surface area contributed by atoms with Crippen molar-refractivity contribution in [2.45, 2.75) is 25.8 Å². The highest BCUT2D eigenvalue weighted by molar-refractivity contribution is 5.35. The van der Waals surface area contributed by atoms with Gasteiger partial charge in [-0.15, -0.1) is 0 Å². The van der Waals surface area contributed by atoms with Crippen LogP contribution in [0, 0.1) is 0 Å². The van der Waals surface area contributed by atoms with Gasteiger partial charge in [0.15, 0.2) is 0 Å². The van der Waals surface area contributed by atoms with Gasteiger partial charge in [-0.1, -0.05) is 18.2 Å². The lowest BCUT2D eigenvalue weighted by Crippen LogP contribution is -2.21. The fraction of sp³-hybridized carbons (Fsp3) is 0.333.